The summed E-state index contributed by atoms with van der Waals surface area (Å²) in [7, 11) is 0. The average Bonchev–Trinajstić information content (AvgIpc) is 2.88. The van der Waals surface area contributed by atoms with Crippen LogP contribution in [0.25, 0.3) is 5.57 Å². The van der Waals surface area contributed by atoms with Crippen molar-refractivity contribution in [3.05, 3.63) is 41.5 Å². The SMILES string of the molecule is CC12C3=C(c4ccccc4)C(=O)OC1CCC2CC3=O. The summed E-state index contributed by atoms with van der Waals surface area (Å²) in [5.41, 5.74) is 1.76. The largest absolute Gasteiger partial charge is 0.458 e. The summed E-state index contributed by atoms with van der Waals surface area (Å²) in [5.74, 6) is 0.143. The first-order chi connectivity index (χ1) is 9.62. The average molecular weight is 268 g/mol. The molecule has 3 heteroatoms. The molecule has 2 fully saturated rings. The van der Waals surface area contributed by atoms with E-state index >= 15 is 0 Å². The van der Waals surface area contributed by atoms with Gasteiger partial charge in [-0.15, -0.1) is 0 Å². The lowest BCUT2D eigenvalue weighted by Gasteiger charge is -2.37. The number of hydrogen-bond acceptors (Lipinski definition) is 3. The predicted octanol–water partition coefficient (Wildman–Crippen LogP) is 2.75. The van der Waals surface area contributed by atoms with Gasteiger partial charge in [0.1, 0.15) is 6.10 Å². The third kappa shape index (κ3) is 1.30. The molecular formula is C17H16O3. The monoisotopic (exact) mass is 268 g/mol. The van der Waals surface area contributed by atoms with Crippen molar-refractivity contribution < 1.29 is 14.3 Å². The van der Waals surface area contributed by atoms with Gasteiger partial charge in [-0.25, -0.2) is 4.79 Å². The van der Waals surface area contributed by atoms with E-state index in [2.05, 4.69) is 6.92 Å². The van der Waals surface area contributed by atoms with Crippen LogP contribution in [-0.2, 0) is 14.3 Å². The summed E-state index contributed by atoms with van der Waals surface area (Å²) in [6.07, 6.45) is 2.31. The second-order valence-electron chi connectivity index (χ2n) is 6.19. The van der Waals surface area contributed by atoms with Crippen molar-refractivity contribution in [1.82, 2.24) is 0 Å². The van der Waals surface area contributed by atoms with Gasteiger partial charge in [-0.1, -0.05) is 37.3 Å². The number of Topliss-reactive ketones (excluding diaryl/α,β-unsaturated/α-hetero) is 1. The Hall–Kier alpha value is -1.90. The number of carbonyl (C=O) groups is 2. The first kappa shape index (κ1) is 11.9. The Labute approximate surface area is 117 Å². The molecule has 0 radical (unpaired) electrons. The molecule has 3 aliphatic rings. The maximum absolute atomic E-state index is 12.5. The minimum atomic E-state index is -0.329. The lowest BCUT2D eigenvalue weighted by Crippen LogP contribution is -2.40. The molecule has 1 aliphatic heterocycles. The van der Waals surface area contributed by atoms with Crippen LogP contribution >= 0.6 is 0 Å². The minimum Gasteiger partial charge on any atom is -0.458 e. The lowest BCUT2D eigenvalue weighted by atomic mass is 9.73. The highest BCUT2D eigenvalue weighted by Gasteiger charge is 2.61. The molecule has 2 saturated carbocycles. The Balaban J connectivity index is 2.00. The molecule has 0 aromatic heterocycles. The molecule has 20 heavy (non-hydrogen) atoms. The van der Waals surface area contributed by atoms with Crippen LogP contribution in [0.5, 0.6) is 0 Å². The molecule has 0 amide bonds. The van der Waals surface area contributed by atoms with Gasteiger partial charge in [-0.2, -0.15) is 0 Å². The highest BCUT2D eigenvalue weighted by Crippen LogP contribution is 2.60. The zero-order valence-electron chi connectivity index (χ0n) is 11.4. The van der Waals surface area contributed by atoms with Crippen molar-refractivity contribution in [3.63, 3.8) is 0 Å². The fourth-order valence-electron chi connectivity index (χ4n) is 4.27. The van der Waals surface area contributed by atoms with Crippen molar-refractivity contribution in [3.8, 4) is 0 Å². The van der Waals surface area contributed by atoms with E-state index in [0.717, 1.165) is 24.0 Å². The van der Waals surface area contributed by atoms with E-state index in [1.165, 1.54) is 0 Å². The summed E-state index contributed by atoms with van der Waals surface area (Å²) in [6, 6.07) is 9.43. The fraction of sp³-hybridized carbons (Fsp3) is 0.412. The molecular weight excluding hydrogens is 252 g/mol. The molecule has 1 aromatic carbocycles. The quantitative estimate of drug-likeness (QED) is 0.736. The third-order valence-electron chi connectivity index (χ3n) is 5.31. The molecule has 3 unspecified atom stereocenters. The minimum absolute atomic E-state index is 0.117. The van der Waals surface area contributed by atoms with Crippen LogP contribution in [-0.4, -0.2) is 17.9 Å². The maximum atomic E-state index is 12.5. The summed E-state index contributed by atoms with van der Waals surface area (Å²) >= 11 is 0. The number of carbonyl (C=O) groups excluding carboxylic acids is 2. The van der Waals surface area contributed by atoms with E-state index in [4.69, 9.17) is 4.74 Å². The Morgan fingerprint density at radius 3 is 2.65 bits per heavy atom. The van der Waals surface area contributed by atoms with Crippen LogP contribution in [0.2, 0.25) is 0 Å². The zero-order valence-corrected chi connectivity index (χ0v) is 11.4. The van der Waals surface area contributed by atoms with Crippen LogP contribution in [0, 0.1) is 11.3 Å². The van der Waals surface area contributed by atoms with Gasteiger partial charge < -0.3 is 4.74 Å². The van der Waals surface area contributed by atoms with Crippen molar-refractivity contribution in [2.45, 2.75) is 32.3 Å². The van der Waals surface area contributed by atoms with Crippen molar-refractivity contribution >= 4 is 17.3 Å². The Bertz CT molecular complexity index is 643. The van der Waals surface area contributed by atoms with E-state index in [9.17, 15) is 9.59 Å². The van der Waals surface area contributed by atoms with Crippen LogP contribution in [0.4, 0.5) is 0 Å². The van der Waals surface area contributed by atoms with Gasteiger partial charge >= 0.3 is 5.97 Å². The molecule has 3 nitrogen and oxygen atoms in total. The van der Waals surface area contributed by atoms with E-state index in [1.54, 1.807) is 0 Å². The summed E-state index contributed by atoms with van der Waals surface area (Å²) in [4.78, 5) is 24.8. The van der Waals surface area contributed by atoms with E-state index < -0.39 is 0 Å². The number of ether oxygens (including phenoxy) is 1. The maximum Gasteiger partial charge on any atom is 0.339 e. The Morgan fingerprint density at radius 1 is 1.15 bits per heavy atom. The van der Waals surface area contributed by atoms with E-state index in [0.29, 0.717) is 17.9 Å². The number of benzene rings is 1. The molecule has 0 N–H and O–H groups in total. The predicted molar refractivity (Wildman–Crippen MR) is 73.7 cm³/mol. The molecule has 0 saturated heterocycles. The Kier molecular flexibility index (Phi) is 2.27. The van der Waals surface area contributed by atoms with Crippen molar-refractivity contribution in [1.29, 1.82) is 0 Å². The highest BCUT2D eigenvalue weighted by atomic mass is 16.5. The molecule has 0 bridgehead atoms. The van der Waals surface area contributed by atoms with Crippen molar-refractivity contribution in [2.24, 2.45) is 11.3 Å². The lowest BCUT2D eigenvalue weighted by molar-refractivity contribution is -0.148. The number of esters is 1. The second-order valence-corrected chi connectivity index (χ2v) is 6.19. The third-order valence-corrected chi connectivity index (χ3v) is 5.31. The molecule has 2 aliphatic carbocycles. The summed E-state index contributed by atoms with van der Waals surface area (Å²) in [6.45, 7) is 2.10. The molecule has 4 rings (SSSR count). The zero-order chi connectivity index (χ0) is 13.9. The normalized spacial score (nSPS) is 35.2. The Morgan fingerprint density at radius 2 is 1.90 bits per heavy atom. The number of rotatable bonds is 1. The van der Waals surface area contributed by atoms with Crippen LogP contribution in [0.15, 0.2) is 35.9 Å². The molecule has 3 atom stereocenters. The van der Waals surface area contributed by atoms with Gasteiger partial charge in [-0.3, -0.25) is 4.79 Å². The standard InChI is InChI=1S/C17H16O3/c1-17-11-7-8-13(17)20-16(19)14(15(17)12(18)9-11)10-5-3-2-4-6-10/h2-6,11,13H,7-9H2,1H3. The topological polar surface area (TPSA) is 43.4 Å². The smallest absolute Gasteiger partial charge is 0.339 e. The van der Waals surface area contributed by atoms with Gasteiger partial charge in [0.15, 0.2) is 5.78 Å². The van der Waals surface area contributed by atoms with Crippen molar-refractivity contribution in [2.75, 3.05) is 0 Å². The number of hydrogen-bond donors (Lipinski definition) is 0. The first-order valence-corrected chi connectivity index (χ1v) is 7.16. The van der Waals surface area contributed by atoms with E-state index in [-0.39, 0.29) is 23.3 Å². The summed E-state index contributed by atoms with van der Waals surface area (Å²) in [5, 5.41) is 0. The second kappa shape index (κ2) is 3.81. The molecule has 1 heterocycles. The summed E-state index contributed by atoms with van der Waals surface area (Å²) < 4.78 is 5.66. The molecule has 102 valence electrons. The van der Waals surface area contributed by atoms with Crippen LogP contribution < -0.4 is 0 Å². The molecule has 1 aromatic rings. The molecule has 0 spiro atoms. The fourth-order valence-corrected chi connectivity index (χ4v) is 4.27. The van der Waals surface area contributed by atoms with Gasteiger partial charge in [0, 0.05) is 17.4 Å². The van der Waals surface area contributed by atoms with Crippen LogP contribution in [0.3, 0.4) is 0 Å². The van der Waals surface area contributed by atoms with Crippen LogP contribution in [0.1, 0.15) is 31.7 Å². The number of ketones is 1. The van der Waals surface area contributed by atoms with Gasteiger partial charge in [0.05, 0.1) is 5.57 Å². The van der Waals surface area contributed by atoms with Gasteiger partial charge in [0.2, 0.25) is 0 Å². The van der Waals surface area contributed by atoms with Gasteiger partial charge in [0.25, 0.3) is 0 Å². The van der Waals surface area contributed by atoms with E-state index in [1.807, 2.05) is 30.3 Å². The first-order valence-electron chi connectivity index (χ1n) is 7.16. The highest BCUT2D eigenvalue weighted by molar-refractivity contribution is 6.26. The van der Waals surface area contributed by atoms with Gasteiger partial charge in [-0.05, 0) is 24.3 Å².